The van der Waals surface area contributed by atoms with Crippen LogP contribution in [-0.2, 0) is 11.3 Å². The predicted octanol–water partition coefficient (Wildman–Crippen LogP) is 3.82. The van der Waals surface area contributed by atoms with Crippen LogP contribution in [0.15, 0.2) is 48.5 Å². The minimum Gasteiger partial charge on any atom is -0.490 e. The fraction of sp³-hybridized carbons (Fsp3) is 0.350. The highest BCUT2D eigenvalue weighted by Gasteiger charge is 2.16. The van der Waals surface area contributed by atoms with E-state index in [0.29, 0.717) is 24.8 Å². The van der Waals surface area contributed by atoms with E-state index in [9.17, 15) is 4.79 Å². The number of hydrogen-bond donors (Lipinski definition) is 2. The molecule has 2 rings (SSSR count). The third-order valence-corrected chi connectivity index (χ3v) is 4.28. The summed E-state index contributed by atoms with van der Waals surface area (Å²) >= 11 is 5.83. The van der Waals surface area contributed by atoms with E-state index < -0.39 is 0 Å². The van der Waals surface area contributed by atoms with Crippen molar-refractivity contribution >= 4 is 29.9 Å². The second kappa shape index (κ2) is 11.7. The number of rotatable bonds is 9. The summed E-state index contributed by atoms with van der Waals surface area (Å²) in [5.74, 6) is 1.26. The molecule has 2 aromatic carbocycles. The third kappa shape index (κ3) is 8.08. The molecule has 5 nitrogen and oxygen atoms in total. The molecule has 0 bridgehead atoms. The largest absolute Gasteiger partial charge is 0.490 e. The van der Waals surface area contributed by atoms with Gasteiger partial charge >= 0.3 is 0 Å². The van der Waals surface area contributed by atoms with Crippen LogP contribution in [0.2, 0.25) is 5.02 Å². The lowest BCUT2D eigenvalue weighted by Gasteiger charge is -2.15. The van der Waals surface area contributed by atoms with Crippen LogP contribution in [0.3, 0.4) is 0 Å². The van der Waals surface area contributed by atoms with Crippen LogP contribution >= 0.6 is 24.0 Å². The van der Waals surface area contributed by atoms with Crippen LogP contribution < -0.4 is 20.5 Å². The van der Waals surface area contributed by atoms with Gasteiger partial charge in [0, 0.05) is 23.5 Å². The summed E-state index contributed by atoms with van der Waals surface area (Å²) in [5, 5.41) is 3.56. The Morgan fingerprint density at radius 1 is 1.00 bits per heavy atom. The molecule has 0 radical (unpaired) electrons. The number of nitrogens with two attached hydrogens (primary N) is 1. The van der Waals surface area contributed by atoms with Crippen LogP contribution in [-0.4, -0.2) is 25.2 Å². The number of halogens is 2. The maximum absolute atomic E-state index is 11.9. The highest BCUT2D eigenvalue weighted by atomic mass is 35.5. The molecule has 2 aromatic rings. The molecule has 0 aromatic heterocycles. The minimum absolute atomic E-state index is 0. The molecule has 0 aliphatic rings. The summed E-state index contributed by atoms with van der Waals surface area (Å²) < 4.78 is 11.2. The van der Waals surface area contributed by atoms with Crippen molar-refractivity contribution in [2.45, 2.75) is 26.4 Å². The molecule has 3 N–H and O–H groups in total. The van der Waals surface area contributed by atoms with Crippen molar-refractivity contribution in [3.05, 3.63) is 59.1 Å². The zero-order valence-electron chi connectivity index (χ0n) is 15.5. The van der Waals surface area contributed by atoms with Crippen LogP contribution in [0.5, 0.6) is 11.5 Å². The predicted molar refractivity (Wildman–Crippen MR) is 111 cm³/mol. The van der Waals surface area contributed by atoms with Crippen molar-refractivity contribution in [2.75, 3.05) is 13.2 Å². The summed E-state index contributed by atoms with van der Waals surface area (Å²) in [4.78, 5) is 11.9. The van der Waals surface area contributed by atoms with Gasteiger partial charge in [0.15, 0.2) is 0 Å². The molecule has 0 saturated heterocycles. The summed E-state index contributed by atoms with van der Waals surface area (Å²) in [6, 6.07) is 14.6. The standard InChI is InChI=1S/C20H25ClN2O3.ClH/c1-14(15(2)22)20(24)23-13-16-3-7-18(8-4-16)25-11-12-26-19-9-5-17(21)6-10-19;/h3-10,14-15H,11-13,22H2,1-2H3,(H,23,24);1H. The fourth-order valence-corrected chi connectivity index (χ4v) is 2.27. The number of benzene rings is 2. The van der Waals surface area contributed by atoms with E-state index in [2.05, 4.69) is 5.32 Å². The van der Waals surface area contributed by atoms with Gasteiger partial charge in [-0.1, -0.05) is 30.7 Å². The average Bonchev–Trinajstić information content (AvgIpc) is 2.65. The molecule has 0 saturated carbocycles. The van der Waals surface area contributed by atoms with Crippen LogP contribution in [0.1, 0.15) is 19.4 Å². The number of hydrogen-bond acceptors (Lipinski definition) is 4. The Balaban J connectivity index is 0.00000364. The topological polar surface area (TPSA) is 73.6 Å². The number of carbonyl (C=O) groups is 1. The number of carbonyl (C=O) groups excluding carboxylic acids is 1. The molecule has 0 fully saturated rings. The molecule has 27 heavy (non-hydrogen) atoms. The first kappa shape index (κ1) is 23.1. The lowest BCUT2D eigenvalue weighted by molar-refractivity contribution is -0.125. The van der Waals surface area contributed by atoms with Crippen LogP contribution in [0, 0.1) is 5.92 Å². The summed E-state index contributed by atoms with van der Waals surface area (Å²) in [7, 11) is 0. The summed E-state index contributed by atoms with van der Waals surface area (Å²) in [6.07, 6.45) is 0. The van der Waals surface area contributed by atoms with Gasteiger partial charge < -0.3 is 20.5 Å². The van der Waals surface area contributed by atoms with Crippen molar-refractivity contribution in [1.82, 2.24) is 5.32 Å². The van der Waals surface area contributed by atoms with Gasteiger partial charge in [-0.3, -0.25) is 4.79 Å². The van der Waals surface area contributed by atoms with Gasteiger partial charge in [-0.05, 0) is 48.9 Å². The molecule has 2 unspecified atom stereocenters. The highest BCUT2D eigenvalue weighted by molar-refractivity contribution is 6.30. The van der Waals surface area contributed by atoms with Gasteiger partial charge in [-0.2, -0.15) is 0 Å². The first-order valence-electron chi connectivity index (χ1n) is 8.59. The van der Waals surface area contributed by atoms with Crippen molar-refractivity contribution in [1.29, 1.82) is 0 Å². The van der Waals surface area contributed by atoms with Gasteiger partial charge in [0.1, 0.15) is 24.7 Å². The molecule has 0 aliphatic carbocycles. The maximum Gasteiger partial charge on any atom is 0.224 e. The lowest BCUT2D eigenvalue weighted by atomic mass is 10.0. The van der Waals surface area contributed by atoms with Gasteiger partial charge in [0.05, 0.1) is 0 Å². The average molecular weight is 413 g/mol. The zero-order chi connectivity index (χ0) is 18.9. The molecule has 0 heterocycles. The van der Waals surface area contributed by atoms with Crippen LogP contribution in [0.4, 0.5) is 0 Å². The summed E-state index contributed by atoms with van der Waals surface area (Å²) in [5.41, 5.74) is 6.73. The van der Waals surface area contributed by atoms with E-state index >= 15 is 0 Å². The van der Waals surface area contributed by atoms with E-state index in [4.69, 9.17) is 26.8 Å². The smallest absolute Gasteiger partial charge is 0.224 e. The van der Waals surface area contributed by atoms with Gasteiger partial charge in [-0.25, -0.2) is 0 Å². The first-order valence-corrected chi connectivity index (χ1v) is 8.97. The van der Waals surface area contributed by atoms with Gasteiger partial charge in [-0.15, -0.1) is 12.4 Å². The van der Waals surface area contributed by atoms with Crippen molar-refractivity contribution in [2.24, 2.45) is 11.7 Å². The van der Waals surface area contributed by atoms with Crippen molar-refractivity contribution < 1.29 is 14.3 Å². The second-order valence-corrected chi connectivity index (χ2v) is 6.60. The zero-order valence-corrected chi connectivity index (χ0v) is 17.1. The molecule has 0 aliphatic heterocycles. The number of ether oxygens (including phenoxy) is 2. The van der Waals surface area contributed by atoms with E-state index in [1.807, 2.05) is 50.2 Å². The Kier molecular flexibility index (Phi) is 10.0. The SMILES string of the molecule is CC(N)C(C)C(=O)NCc1ccc(OCCOc2ccc(Cl)cc2)cc1.Cl. The first-order chi connectivity index (χ1) is 12.5. The van der Waals surface area contributed by atoms with Gasteiger partial charge in [0.2, 0.25) is 5.91 Å². The van der Waals surface area contributed by atoms with Gasteiger partial charge in [0.25, 0.3) is 0 Å². The Bertz CT molecular complexity index is 691. The van der Waals surface area contributed by atoms with E-state index in [0.717, 1.165) is 17.1 Å². The Morgan fingerprint density at radius 2 is 1.48 bits per heavy atom. The quantitative estimate of drug-likeness (QED) is 0.613. The maximum atomic E-state index is 11.9. The third-order valence-electron chi connectivity index (χ3n) is 4.03. The fourth-order valence-electron chi connectivity index (χ4n) is 2.14. The summed E-state index contributed by atoms with van der Waals surface area (Å²) in [6.45, 7) is 4.99. The molecule has 1 amide bonds. The van der Waals surface area contributed by atoms with Crippen LogP contribution in [0.25, 0.3) is 0 Å². The normalized spacial score (nSPS) is 12.4. The van der Waals surface area contributed by atoms with Crippen molar-refractivity contribution in [3.8, 4) is 11.5 Å². The lowest BCUT2D eigenvalue weighted by Crippen LogP contribution is -2.38. The Morgan fingerprint density at radius 3 is 1.96 bits per heavy atom. The minimum atomic E-state index is -0.210. The highest BCUT2D eigenvalue weighted by Crippen LogP contribution is 2.16. The molecular formula is C20H26Cl2N2O3. The molecule has 7 heteroatoms. The monoisotopic (exact) mass is 412 g/mol. The second-order valence-electron chi connectivity index (χ2n) is 6.16. The molecule has 148 valence electrons. The Labute approximate surface area is 171 Å². The van der Waals surface area contributed by atoms with E-state index in [-0.39, 0.29) is 30.3 Å². The van der Waals surface area contributed by atoms with E-state index in [1.165, 1.54) is 0 Å². The molecule has 2 atom stereocenters. The number of amides is 1. The molecular weight excluding hydrogens is 387 g/mol. The van der Waals surface area contributed by atoms with Crippen molar-refractivity contribution in [3.63, 3.8) is 0 Å². The Hall–Kier alpha value is -1.95. The molecule has 0 spiro atoms. The van der Waals surface area contributed by atoms with E-state index in [1.54, 1.807) is 12.1 Å². The number of nitrogens with one attached hydrogen (secondary N) is 1.